The van der Waals surface area contributed by atoms with Gasteiger partial charge in [-0.2, -0.15) is 0 Å². The normalized spacial score (nSPS) is 13.6. The third-order valence-corrected chi connectivity index (χ3v) is 5.72. The molecule has 0 aliphatic carbocycles. The van der Waals surface area contributed by atoms with Crippen molar-refractivity contribution in [1.29, 1.82) is 0 Å². The number of hydrogen-bond acceptors (Lipinski definition) is 5. The van der Waals surface area contributed by atoms with Gasteiger partial charge in [0.05, 0.1) is 12.2 Å². The molecular weight excluding hydrogens is 384 g/mol. The third kappa shape index (κ3) is 5.17. The Kier molecular flexibility index (Phi) is 7.01. The number of methoxy groups -OCH3 is 2. The number of anilines is 1. The van der Waals surface area contributed by atoms with Gasteiger partial charge in [0.25, 0.3) is 5.91 Å². The van der Waals surface area contributed by atoms with Crippen LogP contribution in [0.25, 0.3) is 0 Å². The topological polar surface area (TPSA) is 50.8 Å². The first-order chi connectivity index (χ1) is 13.1. The van der Waals surface area contributed by atoms with E-state index in [1.54, 1.807) is 14.2 Å². The lowest BCUT2D eigenvalue weighted by atomic mass is 10.1. The molecule has 3 rings (SSSR count). The van der Waals surface area contributed by atoms with Gasteiger partial charge >= 0.3 is 0 Å². The van der Waals surface area contributed by atoms with Gasteiger partial charge in [-0.3, -0.25) is 4.79 Å². The molecule has 0 spiro atoms. The van der Waals surface area contributed by atoms with Crippen molar-refractivity contribution in [2.24, 2.45) is 0 Å². The number of fused-ring (bicyclic) bond motifs is 1. The third-order valence-electron chi connectivity index (χ3n) is 4.42. The van der Waals surface area contributed by atoms with Gasteiger partial charge in [-0.25, -0.2) is 0 Å². The number of carbonyl (C=O) groups is 1. The number of nitrogens with zero attached hydrogens (tertiary/aromatic N) is 1. The minimum atomic E-state index is -0.455. The Morgan fingerprint density at radius 3 is 2.67 bits per heavy atom. The first-order valence-electron chi connectivity index (χ1n) is 8.70. The maximum absolute atomic E-state index is 12.5. The summed E-state index contributed by atoms with van der Waals surface area (Å²) in [6.45, 7) is 2.01. The highest BCUT2D eigenvalue weighted by Gasteiger charge is 2.20. The summed E-state index contributed by atoms with van der Waals surface area (Å²) in [5.74, 6) is 0.883. The highest BCUT2D eigenvalue weighted by atomic mass is 35.5. The van der Waals surface area contributed by atoms with E-state index in [4.69, 9.17) is 21.1 Å². The van der Waals surface area contributed by atoms with Crippen LogP contribution in [0.1, 0.15) is 15.9 Å². The molecule has 144 valence electrons. The molecule has 0 unspecified atom stereocenters. The summed E-state index contributed by atoms with van der Waals surface area (Å²) in [5.41, 5.74) is 2.90. The molecule has 1 amide bonds. The molecule has 0 bridgehead atoms. The number of ether oxygens (including phenoxy) is 2. The minimum Gasteiger partial charge on any atom is -0.365 e. The van der Waals surface area contributed by atoms with Crippen molar-refractivity contribution in [3.8, 4) is 0 Å². The second-order valence-electron chi connectivity index (χ2n) is 6.19. The van der Waals surface area contributed by atoms with Crippen LogP contribution in [0.5, 0.6) is 0 Å². The van der Waals surface area contributed by atoms with Crippen molar-refractivity contribution in [2.75, 3.05) is 38.0 Å². The van der Waals surface area contributed by atoms with Gasteiger partial charge in [0.1, 0.15) is 0 Å². The lowest BCUT2D eigenvalue weighted by Gasteiger charge is -2.31. The first-order valence-corrected chi connectivity index (χ1v) is 10.1. The van der Waals surface area contributed by atoms with Crippen LogP contribution in [0.4, 0.5) is 5.69 Å². The molecule has 0 saturated carbocycles. The predicted molar refractivity (Wildman–Crippen MR) is 110 cm³/mol. The summed E-state index contributed by atoms with van der Waals surface area (Å²) in [7, 11) is 3.09. The maximum atomic E-state index is 12.5. The molecule has 27 heavy (non-hydrogen) atoms. The molecule has 5 nitrogen and oxygen atoms in total. The fourth-order valence-corrected chi connectivity index (χ4v) is 4.09. The average molecular weight is 407 g/mol. The number of carbonyl (C=O) groups excluding carboxylic acids is 1. The van der Waals surface area contributed by atoms with E-state index in [0.717, 1.165) is 29.6 Å². The van der Waals surface area contributed by atoms with Crippen LogP contribution in [0, 0.1) is 0 Å². The molecular formula is C20H23ClN2O3S. The van der Waals surface area contributed by atoms with Gasteiger partial charge < -0.3 is 19.7 Å². The molecule has 2 aromatic rings. The van der Waals surface area contributed by atoms with Gasteiger partial charge in [-0.15, -0.1) is 11.8 Å². The van der Waals surface area contributed by atoms with Crippen molar-refractivity contribution >= 4 is 35.0 Å². The smallest absolute Gasteiger partial charge is 0.251 e. The molecule has 0 saturated heterocycles. The Hall–Kier alpha value is -1.73. The van der Waals surface area contributed by atoms with Crippen molar-refractivity contribution < 1.29 is 14.3 Å². The summed E-state index contributed by atoms with van der Waals surface area (Å²) in [6, 6.07) is 13.7. The maximum Gasteiger partial charge on any atom is 0.251 e. The Bertz CT molecular complexity index is 781. The predicted octanol–water partition coefficient (Wildman–Crippen LogP) is 3.80. The van der Waals surface area contributed by atoms with E-state index in [1.165, 1.54) is 10.5 Å². The highest BCUT2D eigenvalue weighted by Crippen LogP contribution is 2.36. The lowest BCUT2D eigenvalue weighted by molar-refractivity contribution is -0.0974. The van der Waals surface area contributed by atoms with E-state index in [2.05, 4.69) is 10.2 Å². The monoisotopic (exact) mass is 406 g/mol. The number of halogens is 1. The molecule has 0 radical (unpaired) electrons. The Morgan fingerprint density at radius 2 is 1.96 bits per heavy atom. The Labute approximate surface area is 169 Å². The van der Waals surface area contributed by atoms with Crippen molar-refractivity contribution in [2.45, 2.75) is 17.7 Å². The number of thioether (sulfide) groups is 1. The second kappa shape index (κ2) is 9.46. The number of hydrogen-bond donors (Lipinski definition) is 1. The molecule has 0 fully saturated rings. The Balaban J connectivity index is 1.75. The largest absolute Gasteiger partial charge is 0.365 e. The summed E-state index contributed by atoms with van der Waals surface area (Å²) in [5, 5.41) is 3.58. The average Bonchev–Trinajstić information content (AvgIpc) is 2.70. The van der Waals surface area contributed by atoms with Gasteiger partial charge in [0.2, 0.25) is 0 Å². The van der Waals surface area contributed by atoms with E-state index >= 15 is 0 Å². The molecule has 1 N–H and O–H groups in total. The second-order valence-corrected chi connectivity index (χ2v) is 7.76. The highest BCUT2D eigenvalue weighted by molar-refractivity contribution is 7.99. The summed E-state index contributed by atoms with van der Waals surface area (Å²) in [4.78, 5) is 16.0. The van der Waals surface area contributed by atoms with E-state index < -0.39 is 6.29 Å². The van der Waals surface area contributed by atoms with Crippen molar-refractivity contribution in [3.63, 3.8) is 0 Å². The van der Waals surface area contributed by atoms with Crippen LogP contribution in [0.15, 0.2) is 47.4 Å². The fourth-order valence-electron chi connectivity index (χ4n) is 2.93. The van der Waals surface area contributed by atoms with Crippen molar-refractivity contribution in [1.82, 2.24) is 5.32 Å². The van der Waals surface area contributed by atoms with Crippen LogP contribution in [-0.2, 0) is 16.0 Å². The van der Waals surface area contributed by atoms with Gasteiger partial charge in [-0.05, 0) is 35.9 Å². The Morgan fingerprint density at radius 1 is 1.22 bits per heavy atom. The summed E-state index contributed by atoms with van der Waals surface area (Å²) in [6.07, 6.45) is -0.455. The first kappa shape index (κ1) is 20.0. The molecule has 7 heteroatoms. The molecule has 1 aliphatic rings. The van der Waals surface area contributed by atoms with Crippen LogP contribution in [-0.4, -0.2) is 45.3 Å². The van der Waals surface area contributed by atoms with E-state index in [-0.39, 0.29) is 5.91 Å². The summed E-state index contributed by atoms with van der Waals surface area (Å²) < 4.78 is 10.2. The number of rotatable bonds is 7. The molecule has 0 atom stereocenters. The van der Waals surface area contributed by atoms with Crippen LogP contribution < -0.4 is 10.2 Å². The van der Waals surface area contributed by atoms with Gasteiger partial charge in [-0.1, -0.05) is 23.7 Å². The van der Waals surface area contributed by atoms with Crippen LogP contribution in [0.2, 0.25) is 5.02 Å². The zero-order valence-corrected chi connectivity index (χ0v) is 17.0. The number of benzene rings is 2. The van der Waals surface area contributed by atoms with Crippen LogP contribution >= 0.6 is 23.4 Å². The minimum absolute atomic E-state index is 0.140. The number of nitrogens with one attached hydrogen (secondary N) is 1. The zero-order valence-electron chi connectivity index (χ0n) is 15.4. The zero-order chi connectivity index (χ0) is 19.2. The standard InChI is InChI=1S/C20H23ClN2O3S/c1-25-19(26-2)12-22-20(24)15-5-8-18-17(11-15)23(9-10-27-18)13-14-3-6-16(21)7-4-14/h3-8,11,19H,9-10,12-13H2,1-2H3,(H,22,24). The van der Waals surface area contributed by atoms with Crippen molar-refractivity contribution in [3.05, 3.63) is 58.6 Å². The van der Waals surface area contributed by atoms with E-state index in [1.807, 2.05) is 54.2 Å². The molecule has 2 aromatic carbocycles. The SMILES string of the molecule is COC(CNC(=O)c1ccc2c(c1)N(Cc1ccc(Cl)cc1)CCS2)OC. The lowest BCUT2D eigenvalue weighted by Crippen LogP contribution is -2.34. The quantitative estimate of drug-likeness (QED) is 0.709. The van der Waals surface area contributed by atoms with Gasteiger partial charge in [0, 0.05) is 48.5 Å². The van der Waals surface area contributed by atoms with Crippen LogP contribution in [0.3, 0.4) is 0 Å². The molecule has 1 heterocycles. The summed E-state index contributed by atoms with van der Waals surface area (Å²) >= 11 is 7.80. The van der Waals surface area contributed by atoms with E-state index in [9.17, 15) is 4.79 Å². The molecule has 1 aliphatic heterocycles. The fraction of sp³-hybridized carbons (Fsp3) is 0.350. The van der Waals surface area contributed by atoms with E-state index in [0.29, 0.717) is 12.1 Å². The van der Waals surface area contributed by atoms with Gasteiger partial charge in [0.15, 0.2) is 6.29 Å². The number of amides is 1. The molecule has 0 aromatic heterocycles.